The van der Waals surface area contributed by atoms with Crippen LogP contribution in [0.15, 0.2) is 21.2 Å². The van der Waals surface area contributed by atoms with E-state index in [9.17, 15) is 4.79 Å². The van der Waals surface area contributed by atoms with Gasteiger partial charge in [-0.25, -0.2) is 0 Å². The highest BCUT2D eigenvalue weighted by Crippen LogP contribution is 2.25. The van der Waals surface area contributed by atoms with Crippen LogP contribution in [0.2, 0.25) is 5.02 Å². The van der Waals surface area contributed by atoms with E-state index < -0.39 is 0 Å². The van der Waals surface area contributed by atoms with Crippen molar-refractivity contribution in [3.8, 4) is 0 Å². The second-order valence-electron chi connectivity index (χ2n) is 4.46. The highest BCUT2D eigenvalue weighted by atomic mass is 79.9. The second kappa shape index (κ2) is 7.03. The molecule has 0 amide bonds. The smallest absolute Gasteiger partial charge is 0.188 e. The summed E-state index contributed by atoms with van der Waals surface area (Å²) in [5.74, 6) is -0.0893. The summed E-state index contributed by atoms with van der Waals surface area (Å²) in [6.07, 6.45) is 2.54. The van der Waals surface area contributed by atoms with Crippen molar-refractivity contribution in [2.24, 2.45) is 0 Å². The minimum absolute atomic E-state index is 0.0893. The fourth-order valence-corrected chi connectivity index (χ4v) is 3.59. The molecule has 0 fully saturated rings. The Morgan fingerprint density at radius 2 is 2.10 bits per heavy atom. The molecule has 0 aromatic carbocycles. The third-order valence-electron chi connectivity index (χ3n) is 3.09. The summed E-state index contributed by atoms with van der Waals surface area (Å²) < 4.78 is 3.26. The lowest BCUT2D eigenvalue weighted by atomic mass is 10.1. The zero-order valence-electron chi connectivity index (χ0n) is 11.7. The molecule has 0 saturated heterocycles. The normalized spacial score (nSPS) is 10.9. The third-order valence-corrected chi connectivity index (χ3v) is 4.57. The molecule has 0 unspecified atom stereocenters. The van der Waals surface area contributed by atoms with Crippen molar-refractivity contribution in [3.05, 3.63) is 43.3 Å². The van der Waals surface area contributed by atoms with Gasteiger partial charge in [0.25, 0.3) is 0 Å². The van der Waals surface area contributed by atoms with Gasteiger partial charge >= 0.3 is 0 Å². The van der Waals surface area contributed by atoms with Gasteiger partial charge in [0.2, 0.25) is 0 Å². The van der Waals surface area contributed by atoms with Crippen LogP contribution in [-0.2, 0) is 19.4 Å². The first kappa shape index (κ1) is 16.6. The van der Waals surface area contributed by atoms with E-state index in [1.807, 2.05) is 13.8 Å². The average molecular weight is 436 g/mol. The van der Waals surface area contributed by atoms with Crippen LogP contribution in [0.5, 0.6) is 0 Å². The van der Waals surface area contributed by atoms with Crippen molar-refractivity contribution >= 4 is 49.2 Å². The van der Waals surface area contributed by atoms with Gasteiger partial charge in [-0.1, -0.05) is 18.5 Å². The fourth-order valence-electron chi connectivity index (χ4n) is 2.04. The molecule has 112 valence electrons. The lowest BCUT2D eigenvalue weighted by Crippen LogP contribution is -2.12. The van der Waals surface area contributed by atoms with Crippen molar-refractivity contribution < 1.29 is 4.79 Å². The quantitative estimate of drug-likeness (QED) is 0.652. The van der Waals surface area contributed by atoms with Crippen molar-refractivity contribution in [1.82, 2.24) is 14.8 Å². The fraction of sp³-hybridized carbons (Fsp3) is 0.357. The van der Waals surface area contributed by atoms with Gasteiger partial charge in [-0.05, 0) is 51.3 Å². The number of pyridine rings is 1. The van der Waals surface area contributed by atoms with Crippen LogP contribution in [0, 0.1) is 0 Å². The van der Waals surface area contributed by atoms with Gasteiger partial charge in [0.15, 0.2) is 5.78 Å². The number of halogens is 3. The predicted molar refractivity (Wildman–Crippen MR) is 90.0 cm³/mol. The number of hydrogen-bond acceptors (Lipinski definition) is 3. The number of aryl methyl sites for hydroxylation is 2. The number of hydrogen-bond donors (Lipinski definition) is 0. The number of Topliss-reactive ketones (excluding diaryl/α,β-unsaturated/α-hetero) is 1. The molecule has 0 spiro atoms. The Bertz CT molecular complexity index is 685. The summed E-state index contributed by atoms with van der Waals surface area (Å²) in [4.78, 5) is 16.6. The van der Waals surface area contributed by atoms with Crippen molar-refractivity contribution in [3.63, 3.8) is 0 Å². The molecular weight excluding hydrogens is 421 g/mol. The van der Waals surface area contributed by atoms with Crippen molar-refractivity contribution in [2.75, 3.05) is 0 Å². The standard InChI is InChI=1S/C14H14Br2ClN3O/c1-3-10-13(17)11(20(4-2)19-10)6-12(21)14-9(16)5-8(15)7-18-14/h5,7H,3-4,6H2,1-2H3. The molecule has 0 atom stereocenters. The predicted octanol–water partition coefficient (Wildman–Crippen LogP) is 4.46. The second-order valence-corrected chi connectivity index (χ2v) is 6.61. The lowest BCUT2D eigenvalue weighted by molar-refractivity contribution is 0.0985. The Hall–Kier alpha value is -0.720. The maximum atomic E-state index is 12.5. The largest absolute Gasteiger partial charge is 0.292 e. The number of nitrogens with zero attached hydrogens (tertiary/aromatic N) is 3. The molecule has 2 aromatic heterocycles. The molecule has 0 N–H and O–H groups in total. The average Bonchev–Trinajstić information content (AvgIpc) is 2.75. The van der Waals surface area contributed by atoms with Crippen LogP contribution in [0.25, 0.3) is 0 Å². The molecule has 2 heterocycles. The molecule has 21 heavy (non-hydrogen) atoms. The first-order chi connectivity index (χ1) is 9.97. The molecule has 2 aromatic rings. The molecular formula is C14H14Br2ClN3O. The summed E-state index contributed by atoms with van der Waals surface area (Å²) in [5.41, 5.74) is 1.97. The van der Waals surface area contributed by atoms with Crippen molar-refractivity contribution in [2.45, 2.75) is 33.2 Å². The lowest BCUT2D eigenvalue weighted by Gasteiger charge is -2.06. The third kappa shape index (κ3) is 3.55. The van der Waals surface area contributed by atoms with E-state index in [1.54, 1.807) is 16.9 Å². The zero-order chi connectivity index (χ0) is 15.6. The Balaban J connectivity index is 2.33. The van der Waals surface area contributed by atoms with Gasteiger partial charge in [-0.3, -0.25) is 14.5 Å². The molecule has 0 aliphatic carbocycles. The van der Waals surface area contributed by atoms with Gasteiger partial charge < -0.3 is 0 Å². The Kier molecular flexibility index (Phi) is 5.57. The maximum absolute atomic E-state index is 12.5. The summed E-state index contributed by atoms with van der Waals surface area (Å²) in [5, 5.41) is 5.01. The van der Waals surface area contributed by atoms with Gasteiger partial charge in [0, 0.05) is 21.7 Å². The molecule has 0 aliphatic heterocycles. The summed E-state index contributed by atoms with van der Waals surface area (Å²) >= 11 is 13.0. The minimum Gasteiger partial charge on any atom is -0.292 e. The van der Waals surface area contributed by atoms with E-state index in [-0.39, 0.29) is 12.2 Å². The van der Waals surface area contributed by atoms with E-state index in [4.69, 9.17) is 11.6 Å². The molecule has 0 radical (unpaired) electrons. The molecule has 0 saturated carbocycles. The summed E-state index contributed by atoms with van der Waals surface area (Å²) in [6, 6.07) is 1.80. The Morgan fingerprint density at radius 3 is 2.67 bits per heavy atom. The minimum atomic E-state index is -0.0893. The van der Waals surface area contributed by atoms with Gasteiger partial charge in [0.05, 0.1) is 22.8 Å². The van der Waals surface area contributed by atoms with Crippen LogP contribution < -0.4 is 0 Å². The van der Waals surface area contributed by atoms with E-state index in [0.717, 1.165) is 22.3 Å². The number of aromatic nitrogens is 3. The van der Waals surface area contributed by atoms with E-state index in [1.165, 1.54) is 0 Å². The van der Waals surface area contributed by atoms with Crippen LogP contribution in [0.1, 0.15) is 35.7 Å². The molecule has 4 nitrogen and oxygen atoms in total. The van der Waals surface area contributed by atoms with Gasteiger partial charge in [0.1, 0.15) is 5.69 Å². The first-order valence-electron chi connectivity index (χ1n) is 6.56. The summed E-state index contributed by atoms with van der Waals surface area (Å²) in [6.45, 7) is 4.65. The Morgan fingerprint density at radius 1 is 1.38 bits per heavy atom. The van der Waals surface area contributed by atoms with E-state index in [2.05, 4.69) is 41.9 Å². The first-order valence-corrected chi connectivity index (χ1v) is 8.52. The van der Waals surface area contributed by atoms with Crippen LogP contribution in [0.3, 0.4) is 0 Å². The number of carbonyl (C=O) groups excluding carboxylic acids is 1. The molecule has 0 aliphatic rings. The van der Waals surface area contributed by atoms with E-state index in [0.29, 0.717) is 21.7 Å². The van der Waals surface area contributed by atoms with Crippen LogP contribution in [-0.4, -0.2) is 20.5 Å². The van der Waals surface area contributed by atoms with Crippen molar-refractivity contribution in [1.29, 1.82) is 0 Å². The van der Waals surface area contributed by atoms with Crippen LogP contribution >= 0.6 is 43.5 Å². The molecule has 0 bridgehead atoms. The number of carbonyl (C=O) groups is 1. The SMILES string of the molecule is CCc1nn(CC)c(CC(=O)c2ncc(Br)cc2Br)c1Cl. The number of rotatable bonds is 5. The van der Waals surface area contributed by atoms with Gasteiger partial charge in [-0.15, -0.1) is 0 Å². The van der Waals surface area contributed by atoms with E-state index >= 15 is 0 Å². The highest BCUT2D eigenvalue weighted by Gasteiger charge is 2.20. The molecule has 7 heteroatoms. The zero-order valence-corrected chi connectivity index (χ0v) is 15.6. The van der Waals surface area contributed by atoms with Crippen LogP contribution in [0.4, 0.5) is 0 Å². The maximum Gasteiger partial charge on any atom is 0.188 e. The topological polar surface area (TPSA) is 47.8 Å². The number of ketones is 1. The summed E-state index contributed by atoms with van der Waals surface area (Å²) in [7, 11) is 0. The van der Waals surface area contributed by atoms with Gasteiger partial charge in [-0.2, -0.15) is 5.10 Å². The highest BCUT2D eigenvalue weighted by molar-refractivity contribution is 9.11. The molecule has 2 rings (SSSR count). The monoisotopic (exact) mass is 433 g/mol. The Labute approximate surface area is 145 Å².